The molecule has 3 rings (SSSR count). The van der Waals surface area contributed by atoms with Gasteiger partial charge >= 0.3 is 0 Å². The monoisotopic (exact) mass is 257 g/mol. The molecule has 0 saturated heterocycles. The normalized spacial score (nSPS) is 23.6. The van der Waals surface area contributed by atoms with Crippen molar-refractivity contribution in [1.29, 1.82) is 0 Å². The summed E-state index contributed by atoms with van der Waals surface area (Å²) in [4.78, 5) is 0. The Bertz CT molecular complexity index is 411. The minimum atomic E-state index is 0.285. The average Bonchev–Trinajstić information content (AvgIpc) is 3.02. The first-order valence-corrected chi connectivity index (χ1v) is 8.15. The molecule has 0 amide bonds. The van der Waals surface area contributed by atoms with Crippen LogP contribution in [-0.4, -0.2) is 6.54 Å². The van der Waals surface area contributed by atoms with E-state index in [4.69, 9.17) is 5.73 Å². The van der Waals surface area contributed by atoms with E-state index in [2.05, 4.69) is 24.3 Å². The Morgan fingerprint density at radius 2 is 1.74 bits per heavy atom. The summed E-state index contributed by atoms with van der Waals surface area (Å²) in [6.07, 6.45) is 12.3. The maximum absolute atomic E-state index is 6.17. The van der Waals surface area contributed by atoms with Crippen molar-refractivity contribution in [1.82, 2.24) is 0 Å². The molecule has 1 aromatic rings. The van der Waals surface area contributed by atoms with Gasteiger partial charge in [0.2, 0.25) is 0 Å². The van der Waals surface area contributed by atoms with Crippen LogP contribution in [0.3, 0.4) is 0 Å². The lowest BCUT2D eigenvalue weighted by Gasteiger charge is -2.37. The SMILES string of the molecule is NCC1(c2cccc(C3CCCC3)c2)CCCCC1. The molecule has 104 valence electrons. The Morgan fingerprint density at radius 1 is 1.00 bits per heavy atom. The highest BCUT2D eigenvalue weighted by Crippen LogP contribution is 2.41. The first kappa shape index (κ1) is 13.2. The van der Waals surface area contributed by atoms with Crippen LogP contribution in [0.25, 0.3) is 0 Å². The van der Waals surface area contributed by atoms with Crippen molar-refractivity contribution in [3.05, 3.63) is 35.4 Å². The fourth-order valence-electron chi connectivity index (χ4n) is 4.22. The molecule has 2 aliphatic carbocycles. The second-order valence-electron chi connectivity index (χ2n) is 6.65. The highest BCUT2D eigenvalue weighted by atomic mass is 14.6. The topological polar surface area (TPSA) is 26.0 Å². The molecule has 0 spiro atoms. The van der Waals surface area contributed by atoms with Gasteiger partial charge in [-0.2, -0.15) is 0 Å². The lowest BCUT2D eigenvalue weighted by molar-refractivity contribution is 0.300. The molecular formula is C18H27N. The van der Waals surface area contributed by atoms with Crippen LogP contribution >= 0.6 is 0 Å². The van der Waals surface area contributed by atoms with Crippen molar-refractivity contribution in [3.63, 3.8) is 0 Å². The molecule has 0 unspecified atom stereocenters. The third kappa shape index (κ3) is 2.58. The fraction of sp³-hybridized carbons (Fsp3) is 0.667. The van der Waals surface area contributed by atoms with Crippen molar-refractivity contribution < 1.29 is 0 Å². The van der Waals surface area contributed by atoms with Crippen LogP contribution in [0.1, 0.15) is 74.8 Å². The molecule has 2 N–H and O–H groups in total. The average molecular weight is 257 g/mol. The van der Waals surface area contributed by atoms with E-state index in [1.54, 1.807) is 5.56 Å². The second-order valence-corrected chi connectivity index (χ2v) is 6.65. The predicted octanol–water partition coefficient (Wildman–Crippen LogP) is 4.50. The van der Waals surface area contributed by atoms with Gasteiger partial charge in [-0.05, 0) is 42.7 Å². The minimum absolute atomic E-state index is 0.285. The van der Waals surface area contributed by atoms with Gasteiger partial charge in [-0.1, -0.05) is 56.4 Å². The molecule has 0 heterocycles. The van der Waals surface area contributed by atoms with Gasteiger partial charge in [-0.25, -0.2) is 0 Å². The summed E-state index contributed by atoms with van der Waals surface area (Å²) >= 11 is 0. The third-order valence-corrected chi connectivity index (χ3v) is 5.53. The highest BCUT2D eigenvalue weighted by Gasteiger charge is 2.32. The smallest absolute Gasteiger partial charge is 0.00756 e. The van der Waals surface area contributed by atoms with Crippen LogP contribution in [0, 0.1) is 0 Å². The summed E-state index contributed by atoms with van der Waals surface area (Å²) in [5, 5.41) is 0. The Balaban J connectivity index is 1.88. The van der Waals surface area contributed by atoms with Gasteiger partial charge in [-0.15, -0.1) is 0 Å². The van der Waals surface area contributed by atoms with Crippen molar-refractivity contribution in [2.45, 2.75) is 69.1 Å². The fourth-order valence-corrected chi connectivity index (χ4v) is 4.22. The maximum Gasteiger partial charge on any atom is 0.00756 e. The van der Waals surface area contributed by atoms with E-state index < -0.39 is 0 Å². The zero-order valence-electron chi connectivity index (χ0n) is 12.0. The van der Waals surface area contributed by atoms with Crippen LogP contribution in [0.2, 0.25) is 0 Å². The first-order chi connectivity index (χ1) is 9.34. The zero-order chi connectivity index (χ0) is 13.1. The molecule has 0 atom stereocenters. The van der Waals surface area contributed by atoms with Crippen molar-refractivity contribution in [2.24, 2.45) is 5.73 Å². The molecule has 19 heavy (non-hydrogen) atoms. The first-order valence-electron chi connectivity index (χ1n) is 8.15. The molecule has 2 fully saturated rings. The molecule has 0 aromatic heterocycles. The number of rotatable bonds is 3. The molecule has 0 bridgehead atoms. The Hall–Kier alpha value is -0.820. The van der Waals surface area contributed by atoms with E-state index in [1.165, 1.54) is 63.4 Å². The summed E-state index contributed by atoms with van der Waals surface area (Å²) in [7, 11) is 0. The van der Waals surface area contributed by atoms with Gasteiger partial charge < -0.3 is 5.73 Å². The predicted molar refractivity (Wildman–Crippen MR) is 81.5 cm³/mol. The van der Waals surface area contributed by atoms with Crippen molar-refractivity contribution >= 4 is 0 Å². The van der Waals surface area contributed by atoms with E-state index in [-0.39, 0.29) is 5.41 Å². The summed E-state index contributed by atoms with van der Waals surface area (Å²) in [5.74, 6) is 0.818. The lowest BCUT2D eigenvalue weighted by atomic mass is 9.69. The molecule has 2 saturated carbocycles. The largest absolute Gasteiger partial charge is 0.330 e. The van der Waals surface area contributed by atoms with Crippen LogP contribution in [0.4, 0.5) is 0 Å². The van der Waals surface area contributed by atoms with E-state index in [1.807, 2.05) is 0 Å². The van der Waals surface area contributed by atoms with Gasteiger partial charge in [0.05, 0.1) is 0 Å². The highest BCUT2D eigenvalue weighted by molar-refractivity contribution is 5.33. The quantitative estimate of drug-likeness (QED) is 0.847. The Kier molecular flexibility index (Phi) is 3.93. The summed E-state index contributed by atoms with van der Waals surface area (Å²) in [6, 6.07) is 9.44. The van der Waals surface area contributed by atoms with Crippen molar-refractivity contribution in [2.75, 3.05) is 6.54 Å². The Labute approximate surface area is 117 Å². The summed E-state index contributed by atoms with van der Waals surface area (Å²) < 4.78 is 0. The van der Waals surface area contributed by atoms with Gasteiger partial charge in [0, 0.05) is 12.0 Å². The van der Waals surface area contributed by atoms with Crippen molar-refractivity contribution in [3.8, 4) is 0 Å². The van der Waals surface area contributed by atoms with Gasteiger partial charge in [0.15, 0.2) is 0 Å². The minimum Gasteiger partial charge on any atom is -0.330 e. The number of hydrogen-bond acceptors (Lipinski definition) is 1. The van der Waals surface area contributed by atoms with E-state index in [0.29, 0.717) is 0 Å². The molecule has 0 radical (unpaired) electrons. The molecule has 1 aromatic carbocycles. The maximum atomic E-state index is 6.17. The zero-order valence-corrected chi connectivity index (χ0v) is 12.0. The standard InChI is InChI=1S/C18H27N/c19-14-18(11-4-1-5-12-18)17-10-6-9-16(13-17)15-7-2-3-8-15/h6,9-10,13,15H,1-5,7-8,11-12,14,19H2. The van der Waals surface area contributed by atoms with Gasteiger partial charge in [0.1, 0.15) is 0 Å². The van der Waals surface area contributed by atoms with Gasteiger partial charge in [-0.3, -0.25) is 0 Å². The van der Waals surface area contributed by atoms with E-state index in [9.17, 15) is 0 Å². The number of nitrogens with two attached hydrogens (primary N) is 1. The summed E-state index contributed by atoms with van der Waals surface area (Å²) in [6.45, 7) is 0.821. The molecule has 2 aliphatic rings. The van der Waals surface area contributed by atoms with Crippen LogP contribution in [-0.2, 0) is 5.41 Å². The number of hydrogen-bond donors (Lipinski definition) is 1. The molecule has 0 aliphatic heterocycles. The summed E-state index contributed by atoms with van der Waals surface area (Å²) in [5.41, 5.74) is 9.56. The molecular weight excluding hydrogens is 230 g/mol. The van der Waals surface area contributed by atoms with E-state index >= 15 is 0 Å². The lowest BCUT2D eigenvalue weighted by Crippen LogP contribution is -2.37. The van der Waals surface area contributed by atoms with E-state index in [0.717, 1.165) is 12.5 Å². The van der Waals surface area contributed by atoms with Crippen LogP contribution in [0.15, 0.2) is 24.3 Å². The van der Waals surface area contributed by atoms with Crippen LogP contribution in [0.5, 0.6) is 0 Å². The molecule has 1 heteroatoms. The number of benzene rings is 1. The third-order valence-electron chi connectivity index (χ3n) is 5.53. The van der Waals surface area contributed by atoms with Crippen LogP contribution < -0.4 is 5.73 Å². The molecule has 1 nitrogen and oxygen atoms in total. The Morgan fingerprint density at radius 3 is 2.42 bits per heavy atom. The second kappa shape index (κ2) is 5.66. The van der Waals surface area contributed by atoms with Gasteiger partial charge in [0.25, 0.3) is 0 Å².